The number of ether oxygens (including phenoxy) is 1. The molecule has 5 heteroatoms. The Hall–Kier alpha value is -2.53. The van der Waals surface area contributed by atoms with Gasteiger partial charge in [-0.25, -0.2) is 0 Å². The van der Waals surface area contributed by atoms with Crippen LogP contribution in [0.15, 0.2) is 36.4 Å². The van der Waals surface area contributed by atoms with Gasteiger partial charge in [-0.3, -0.25) is 4.79 Å². The first-order valence-electron chi connectivity index (χ1n) is 9.56. The summed E-state index contributed by atoms with van der Waals surface area (Å²) in [6.45, 7) is 10.9. The summed E-state index contributed by atoms with van der Waals surface area (Å²) in [6, 6.07) is 12.0. The monoisotopic (exact) mass is 368 g/mol. The van der Waals surface area contributed by atoms with Crippen LogP contribution in [0.1, 0.15) is 16.7 Å². The molecule has 3 rings (SSSR count). The molecular weight excluding hydrogens is 338 g/mol. The van der Waals surface area contributed by atoms with Gasteiger partial charge in [0.1, 0.15) is 5.75 Å². The third-order valence-electron chi connectivity index (χ3n) is 5.21. The molecule has 1 aliphatic heterocycles. The lowest BCUT2D eigenvalue weighted by Crippen LogP contribution is -3.15. The molecule has 0 bridgehead atoms. The SMILES string of the molecule is COc1ccc(NC(=O)C[NH+]2CCN(c3c(C)cc(C)cc3C)CC2)cc1. The Morgan fingerprint density at radius 2 is 1.67 bits per heavy atom. The maximum atomic E-state index is 12.4. The van der Waals surface area contributed by atoms with Gasteiger partial charge in [-0.15, -0.1) is 0 Å². The Labute approximate surface area is 161 Å². The lowest BCUT2D eigenvalue weighted by Gasteiger charge is -2.35. The molecule has 2 N–H and O–H groups in total. The van der Waals surface area contributed by atoms with E-state index < -0.39 is 0 Å². The minimum Gasteiger partial charge on any atom is -0.497 e. The highest BCUT2D eigenvalue weighted by atomic mass is 16.5. The highest BCUT2D eigenvalue weighted by molar-refractivity contribution is 5.91. The number of hydrogen-bond acceptors (Lipinski definition) is 3. The second kappa shape index (κ2) is 8.44. The smallest absolute Gasteiger partial charge is 0.279 e. The first kappa shape index (κ1) is 19.2. The van der Waals surface area contributed by atoms with Gasteiger partial charge in [0.25, 0.3) is 5.91 Å². The van der Waals surface area contributed by atoms with E-state index in [0.29, 0.717) is 6.54 Å². The molecule has 144 valence electrons. The van der Waals surface area contributed by atoms with Gasteiger partial charge in [0.05, 0.1) is 33.3 Å². The summed E-state index contributed by atoms with van der Waals surface area (Å²) in [5, 5.41) is 2.98. The number of hydrogen-bond donors (Lipinski definition) is 2. The van der Waals surface area contributed by atoms with Gasteiger partial charge in [-0.05, 0) is 56.2 Å². The van der Waals surface area contributed by atoms with E-state index in [2.05, 4.69) is 43.1 Å². The highest BCUT2D eigenvalue weighted by Crippen LogP contribution is 2.26. The van der Waals surface area contributed by atoms with Crippen molar-refractivity contribution in [3.63, 3.8) is 0 Å². The summed E-state index contributed by atoms with van der Waals surface area (Å²) in [5.74, 6) is 0.850. The van der Waals surface area contributed by atoms with Crippen molar-refractivity contribution in [3.05, 3.63) is 53.1 Å². The molecule has 2 aromatic rings. The normalized spacial score (nSPS) is 14.9. The molecule has 1 heterocycles. The molecule has 5 nitrogen and oxygen atoms in total. The maximum Gasteiger partial charge on any atom is 0.279 e. The van der Waals surface area contributed by atoms with E-state index in [1.54, 1.807) is 7.11 Å². The van der Waals surface area contributed by atoms with Crippen molar-refractivity contribution in [1.82, 2.24) is 0 Å². The predicted molar refractivity (Wildman–Crippen MR) is 110 cm³/mol. The van der Waals surface area contributed by atoms with E-state index in [1.165, 1.54) is 27.3 Å². The summed E-state index contributed by atoms with van der Waals surface area (Å²) < 4.78 is 5.14. The van der Waals surface area contributed by atoms with Gasteiger partial charge in [0, 0.05) is 11.4 Å². The number of nitrogens with zero attached hydrogens (tertiary/aromatic N) is 1. The Morgan fingerprint density at radius 1 is 1.07 bits per heavy atom. The van der Waals surface area contributed by atoms with Crippen molar-refractivity contribution in [3.8, 4) is 5.75 Å². The van der Waals surface area contributed by atoms with Gasteiger partial charge < -0.3 is 19.9 Å². The van der Waals surface area contributed by atoms with E-state index in [4.69, 9.17) is 4.74 Å². The van der Waals surface area contributed by atoms with E-state index in [-0.39, 0.29) is 5.91 Å². The Balaban J connectivity index is 1.52. The lowest BCUT2D eigenvalue weighted by molar-refractivity contribution is -0.892. The van der Waals surface area contributed by atoms with Crippen LogP contribution in [0.2, 0.25) is 0 Å². The third-order valence-corrected chi connectivity index (χ3v) is 5.21. The second-order valence-electron chi connectivity index (χ2n) is 7.44. The minimum atomic E-state index is 0.0614. The maximum absolute atomic E-state index is 12.4. The molecule has 1 fully saturated rings. The molecule has 0 atom stereocenters. The van der Waals surface area contributed by atoms with E-state index in [0.717, 1.165) is 37.6 Å². The van der Waals surface area contributed by atoms with Crippen LogP contribution in [0, 0.1) is 20.8 Å². The fourth-order valence-corrected chi connectivity index (χ4v) is 4.00. The van der Waals surface area contributed by atoms with Crippen LogP contribution in [-0.2, 0) is 4.79 Å². The zero-order chi connectivity index (χ0) is 19.4. The number of benzene rings is 2. The molecule has 0 aliphatic carbocycles. The van der Waals surface area contributed by atoms with Crippen LogP contribution >= 0.6 is 0 Å². The topological polar surface area (TPSA) is 46.0 Å². The van der Waals surface area contributed by atoms with E-state index in [1.807, 2.05) is 24.3 Å². The molecule has 1 amide bonds. The average Bonchev–Trinajstić information content (AvgIpc) is 2.63. The fraction of sp³-hybridized carbons (Fsp3) is 0.409. The number of quaternary nitrogens is 1. The van der Waals surface area contributed by atoms with Gasteiger partial charge in [0.15, 0.2) is 6.54 Å². The molecule has 0 aromatic heterocycles. The van der Waals surface area contributed by atoms with Crippen molar-refractivity contribution < 1.29 is 14.4 Å². The van der Waals surface area contributed by atoms with Crippen molar-refractivity contribution >= 4 is 17.3 Å². The number of anilines is 2. The molecule has 0 radical (unpaired) electrons. The number of amides is 1. The van der Waals surface area contributed by atoms with E-state index >= 15 is 0 Å². The molecule has 1 aliphatic rings. The summed E-state index contributed by atoms with van der Waals surface area (Å²) in [7, 11) is 1.64. The number of nitrogens with one attached hydrogen (secondary N) is 2. The van der Waals surface area contributed by atoms with Gasteiger partial charge in [0.2, 0.25) is 0 Å². The lowest BCUT2D eigenvalue weighted by atomic mass is 10.0. The Bertz CT molecular complexity index is 771. The van der Waals surface area contributed by atoms with Crippen molar-refractivity contribution in [2.24, 2.45) is 0 Å². The zero-order valence-electron chi connectivity index (χ0n) is 16.8. The minimum absolute atomic E-state index is 0.0614. The molecule has 0 spiro atoms. The van der Waals surface area contributed by atoms with Gasteiger partial charge in [-0.2, -0.15) is 0 Å². The Kier molecular flexibility index (Phi) is 6.01. The number of methoxy groups -OCH3 is 1. The standard InChI is InChI=1S/C22H29N3O2/c1-16-13-17(2)22(18(3)14-16)25-11-9-24(10-12-25)15-21(26)23-19-5-7-20(27-4)8-6-19/h5-8,13-14H,9-12,15H2,1-4H3,(H,23,26)/p+1. The number of carbonyl (C=O) groups excluding carboxylic acids is 1. The largest absolute Gasteiger partial charge is 0.497 e. The zero-order valence-corrected chi connectivity index (χ0v) is 16.8. The van der Waals surface area contributed by atoms with E-state index in [9.17, 15) is 4.79 Å². The van der Waals surface area contributed by atoms with Crippen LogP contribution < -0.4 is 19.9 Å². The number of rotatable bonds is 5. The number of aryl methyl sites for hydroxylation is 3. The third kappa shape index (κ3) is 4.80. The predicted octanol–water partition coefficient (Wildman–Crippen LogP) is 1.96. The number of carbonyl (C=O) groups is 1. The summed E-state index contributed by atoms with van der Waals surface area (Å²) in [6.07, 6.45) is 0. The molecule has 27 heavy (non-hydrogen) atoms. The molecular formula is C22H30N3O2+. The van der Waals surface area contributed by atoms with Crippen molar-refractivity contribution in [2.75, 3.05) is 50.1 Å². The van der Waals surface area contributed by atoms with Crippen molar-refractivity contribution in [1.29, 1.82) is 0 Å². The van der Waals surface area contributed by atoms with Crippen LogP contribution in [0.3, 0.4) is 0 Å². The van der Waals surface area contributed by atoms with Gasteiger partial charge in [-0.1, -0.05) is 17.7 Å². The molecule has 2 aromatic carbocycles. The molecule has 1 saturated heterocycles. The Morgan fingerprint density at radius 3 is 2.22 bits per heavy atom. The van der Waals surface area contributed by atoms with Crippen LogP contribution in [0.4, 0.5) is 11.4 Å². The quantitative estimate of drug-likeness (QED) is 0.848. The average molecular weight is 369 g/mol. The van der Waals surface area contributed by atoms with Crippen LogP contribution in [0.5, 0.6) is 5.75 Å². The summed E-state index contributed by atoms with van der Waals surface area (Å²) in [4.78, 5) is 16.2. The highest BCUT2D eigenvalue weighted by Gasteiger charge is 2.24. The molecule has 0 unspecified atom stereocenters. The van der Waals surface area contributed by atoms with Crippen LogP contribution in [-0.4, -0.2) is 45.7 Å². The second-order valence-corrected chi connectivity index (χ2v) is 7.44. The summed E-state index contributed by atoms with van der Waals surface area (Å²) in [5.41, 5.74) is 6.17. The molecule has 0 saturated carbocycles. The first-order chi connectivity index (χ1) is 13.0. The van der Waals surface area contributed by atoms with Crippen molar-refractivity contribution in [2.45, 2.75) is 20.8 Å². The van der Waals surface area contributed by atoms with Crippen LogP contribution in [0.25, 0.3) is 0 Å². The fourth-order valence-electron chi connectivity index (χ4n) is 4.00. The number of piperazine rings is 1. The first-order valence-corrected chi connectivity index (χ1v) is 9.56. The summed E-state index contributed by atoms with van der Waals surface area (Å²) >= 11 is 0. The van der Waals surface area contributed by atoms with Gasteiger partial charge >= 0.3 is 0 Å².